The molecule has 7 heteroatoms. The maximum Gasteiger partial charge on any atom is 0.234 e. The van der Waals surface area contributed by atoms with Crippen molar-refractivity contribution < 1.29 is 4.79 Å². The minimum absolute atomic E-state index is 0.0683. The molecule has 0 aliphatic carbocycles. The molecule has 1 heterocycles. The van der Waals surface area contributed by atoms with Crippen LogP contribution in [0.3, 0.4) is 0 Å². The van der Waals surface area contributed by atoms with Crippen LogP contribution in [0.5, 0.6) is 0 Å². The molecule has 1 aromatic heterocycles. The van der Waals surface area contributed by atoms with Crippen molar-refractivity contribution in [3.05, 3.63) is 59.1 Å². The van der Waals surface area contributed by atoms with Gasteiger partial charge in [-0.15, -0.1) is 10.2 Å². The van der Waals surface area contributed by atoms with Gasteiger partial charge in [0.15, 0.2) is 11.0 Å². The fourth-order valence-corrected chi connectivity index (χ4v) is 3.97. The average molecular weight is 429 g/mol. The third-order valence-electron chi connectivity index (χ3n) is 4.82. The Hall–Kier alpha value is -2.31. The molecule has 0 fully saturated rings. The van der Waals surface area contributed by atoms with E-state index in [9.17, 15) is 4.79 Å². The minimum atomic E-state index is -0.0683. The fourth-order valence-electron chi connectivity index (χ4n) is 2.98. The number of carbonyl (C=O) groups is 1. The summed E-state index contributed by atoms with van der Waals surface area (Å²) < 4.78 is 1.99. The van der Waals surface area contributed by atoms with Gasteiger partial charge in [-0.1, -0.05) is 61.5 Å². The number of nitrogens with one attached hydrogen (secondary N) is 1. The Morgan fingerprint density at radius 1 is 1.17 bits per heavy atom. The lowest BCUT2D eigenvalue weighted by Crippen LogP contribution is -2.14. The maximum atomic E-state index is 12.4. The Balaban J connectivity index is 1.63. The summed E-state index contributed by atoms with van der Waals surface area (Å²) in [5.74, 6) is 1.46. The van der Waals surface area contributed by atoms with Crippen LogP contribution in [0.2, 0.25) is 5.02 Å². The minimum Gasteiger partial charge on any atom is -0.325 e. The molecule has 0 aliphatic heterocycles. The largest absolute Gasteiger partial charge is 0.325 e. The highest BCUT2D eigenvalue weighted by molar-refractivity contribution is 7.99. The molecule has 2 aromatic carbocycles. The summed E-state index contributed by atoms with van der Waals surface area (Å²) in [6.07, 6.45) is 1.09. The second-order valence-electron chi connectivity index (χ2n) is 6.83. The molecule has 0 unspecified atom stereocenters. The number of hydrogen-bond acceptors (Lipinski definition) is 4. The summed E-state index contributed by atoms with van der Waals surface area (Å²) in [4.78, 5) is 12.4. The monoisotopic (exact) mass is 428 g/mol. The molecule has 0 saturated carbocycles. The normalized spacial score (nSPS) is 12.0. The van der Waals surface area contributed by atoms with Crippen molar-refractivity contribution in [2.75, 3.05) is 11.1 Å². The van der Waals surface area contributed by atoms with Crippen LogP contribution >= 0.6 is 23.4 Å². The van der Waals surface area contributed by atoms with E-state index in [1.54, 1.807) is 0 Å². The molecular formula is C22H25ClN4OS. The lowest BCUT2D eigenvalue weighted by molar-refractivity contribution is -0.113. The molecule has 0 aliphatic rings. The number of carbonyl (C=O) groups excluding carboxylic acids is 1. The standard InChI is InChI=1S/C22H25ClN4OS/c1-4-15(3)16-9-11-19(12-10-16)24-20(28)14-29-22-26-25-21(27(22)5-2)17-7-6-8-18(23)13-17/h6-13,15H,4-5,14H2,1-3H3,(H,24,28)/t15-/m0/s1. The summed E-state index contributed by atoms with van der Waals surface area (Å²) in [6.45, 7) is 7.10. The molecule has 0 bridgehead atoms. The predicted molar refractivity (Wildman–Crippen MR) is 121 cm³/mol. The summed E-state index contributed by atoms with van der Waals surface area (Å²) in [5.41, 5.74) is 2.99. The lowest BCUT2D eigenvalue weighted by Gasteiger charge is -2.11. The van der Waals surface area contributed by atoms with E-state index in [2.05, 4.69) is 41.5 Å². The zero-order valence-corrected chi connectivity index (χ0v) is 18.4. The van der Waals surface area contributed by atoms with Crippen molar-refractivity contribution in [2.45, 2.75) is 44.8 Å². The maximum absolute atomic E-state index is 12.4. The number of nitrogens with zero attached hydrogens (tertiary/aromatic N) is 3. The molecule has 29 heavy (non-hydrogen) atoms. The van der Waals surface area contributed by atoms with Gasteiger partial charge in [0.2, 0.25) is 5.91 Å². The van der Waals surface area contributed by atoms with Crippen LogP contribution in [-0.2, 0) is 11.3 Å². The van der Waals surface area contributed by atoms with Gasteiger partial charge in [0.25, 0.3) is 0 Å². The highest BCUT2D eigenvalue weighted by Gasteiger charge is 2.15. The Morgan fingerprint density at radius 3 is 2.59 bits per heavy atom. The van der Waals surface area contributed by atoms with Gasteiger partial charge in [0, 0.05) is 22.8 Å². The number of hydrogen-bond donors (Lipinski definition) is 1. The van der Waals surface area contributed by atoms with Crippen LogP contribution < -0.4 is 5.32 Å². The van der Waals surface area contributed by atoms with Crippen molar-refractivity contribution in [2.24, 2.45) is 0 Å². The van der Waals surface area contributed by atoms with Crippen LogP contribution in [0.25, 0.3) is 11.4 Å². The van der Waals surface area contributed by atoms with Crippen molar-refractivity contribution in [1.29, 1.82) is 0 Å². The molecule has 3 rings (SSSR count). The van der Waals surface area contributed by atoms with Crippen molar-refractivity contribution in [1.82, 2.24) is 14.8 Å². The molecule has 0 saturated heterocycles. The SMILES string of the molecule is CC[C@H](C)c1ccc(NC(=O)CSc2nnc(-c3cccc(Cl)c3)n2CC)cc1. The quantitative estimate of drug-likeness (QED) is 0.456. The molecule has 5 nitrogen and oxygen atoms in total. The Labute approximate surface area is 180 Å². The summed E-state index contributed by atoms with van der Waals surface area (Å²) in [5, 5.41) is 12.9. The van der Waals surface area contributed by atoms with E-state index in [1.165, 1.54) is 17.3 Å². The van der Waals surface area contributed by atoms with Gasteiger partial charge >= 0.3 is 0 Å². The van der Waals surface area contributed by atoms with Gasteiger partial charge in [0.1, 0.15) is 0 Å². The van der Waals surface area contributed by atoms with Crippen molar-refractivity contribution >= 4 is 35.0 Å². The number of rotatable bonds is 8. The molecule has 1 atom stereocenters. The van der Waals surface area contributed by atoms with Gasteiger partial charge < -0.3 is 9.88 Å². The average Bonchev–Trinajstić information content (AvgIpc) is 3.15. The third kappa shape index (κ3) is 5.40. The van der Waals surface area contributed by atoms with Crippen LogP contribution in [0.15, 0.2) is 53.7 Å². The smallest absolute Gasteiger partial charge is 0.234 e. The zero-order chi connectivity index (χ0) is 20.8. The predicted octanol–water partition coefficient (Wildman–Crippen LogP) is 5.86. The van der Waals surface area contributed by atoms with Gasteiger partial charge in [-0.05, 0) is 49.1 Å². The number of amides is 1. The van der Waals surface area contributed by atoms with E-state index < -0.39 is 0 Å². The van der Waals surface area contributed by atoms with Gasteiger partial charge in [-0.25, -0.2) is 0 Å². The third-order valence-corrected chi connectivity index (χ3v) is 6.03. The molecule has 0 radical (unpaired) electrons. The number of benzene rings is 2. The first kappa shape index (κ1) is 21.4. The molecule has 1 N–H and O–H groups in total. The van der Waals surface area contributed by atoms with E-state index in [4.69, 9.17) is 11.6 Å². The number of anilines is 1. The molecule has 3 aromatic rings. The first-order valence-electron chi connectivity index (χ1n) is 9.73. The zero-order valence-electron chi connectivity index (χ0n) is 16.9. The van der Waals surface area contributed by atoms with E-state index in [0.29, 0.717) is 22.6 Å². The Morgan fingerprint density at radius 2 is 1.93 bits per heavy atom. The topological polar surface area (TPSA) is 59.8 Å². The van der Waals surface area contributed by atoms with Crippen LogP contribution in [-0.4, -0.2) is 26.4 Å². The van der Waals surface area contributed by atoms with Gasteiger partial charge in [0.05, 0.1) is 5.75 Å². The molecule has 0 spiro atoms. The second-order valence-corrected chi connectivity index (χ2v) is 8.21. The lowest BCUT2D eigenvalue weighted by atomic mass is 9.99. The van der Waals surface area contributed by atoms with E-state index in [-0.39, 0.29) is 11.7 Å². The first-order valence-corrected chi connectivity index (χ1v) is 11.1. The summed E-state index contributed by atoms with van der Waals surface area (Å²) in [7, 11) is 0. The molecule has 152 valence electrons. The Bertz CT molecular complexity index is 971. The molecular weight excluding hydrogens is 404 g/mol. The van der Waals surface area contributed by atoms with E-state index in [1.807, 2.05) is 47.9 Å². The van der Waals surface area contributed by atoms with Gasteiger partial charge in [-0.2, -0.15) is 0 Å². The highest BCUT2D eigenvalue weighted by atomic mass is 35.5. The molecule has 1 amide bonds. The summed E-state index contributed by atoms with van der Waals surface area (Å²) >= 11 is 7.47. The van der Waals surface area contributed by atoms with Gasteiger partial charge in [-0.3, -0.25) is 4.79 Å². The second kappa shape index (κ2) is 9.94. The highest BCUT2D eigenvalue weighted by Crippen LogP contribution is 2.26. The van der Waals surface area contributed by atoms with Crippen molar-refractivity contribution in [3.63, 3.8) is 0 Å². The van der Waals surface area contributed by atoms with Crippen LogP contribution in [0, 0.1) is 0 Å². The van der Waals surface area contributed by atoms with Crippen molar-refractivity contribution in [3.8, 4) is 11.4 Å². The van der Waals surface area contributed by atoms with Crippen LogP contribution in [0.4, 0.5) is 5.69 Å². The van der Waals surface area contributed by atoms with Crippen LogP contribution in [0.1, 0.15) is 38.7 Å². The first-order chi connectivity index (χ1) is 14.0. The number of halogens is 1. The van der Waals surface area contributed by atoms with E-state index >= 15 is 0 Å². The Kier molecular flexibility index (Phi) is 7.34. The fraction of sp³-hybridized carbons (Fsp3) is 0.318. The number of thioether (sulfide) groups is 1. The summed E-state index contributed by atoms with van der Waals surface area (Å²) in [6, 6.07) is 15.6. The number of aromatic nitrogens is 3. The van der Waals surface area contributed by atoms with E-state index in [0.717, 1.165) is 23.5 Å².